The molecule has 0 fully saturated rings. The van der Waals surface area contributed by atoms with Crippen LogP contribution in [-0.2, 0) is 6.54 Å². The van der Waals surface area contributed by atoms with Crippen LogP contribution in [0.15, 0.2) is 59.7 Å². The number of aryl methyl sites for hydroxylation is 1. The van der Waals surface area contributed by atoms with Crippen LogP contribution in [0.25, 0.3) is 21.3 Å². The van der Waals surface area contributed by atoms with Crippen molar-refractivity contribution in [2.45, 2.75) is 33.2 Å². The molecule has 0 spiro atoms. The molecule has 28 heavy (non-hydrogen) atoms. The quantitative estimate of drug-likeness (QED) is 0.399. The van der Waals surface area contributed by atoms with Crippen LogP contribution < -0.4 is 5.56 Å². The molecule has 2 heterocycles. The normalized spacial score (nSPS) is 11.5. The molecule has 0 saturated heterocycles. The molecule has 0 aliphatic heterocycles. The zero-order valence-electron chi connectivity index (χ0n) is 16.1. The van der Waals surface area contributed by atoms with E-state index in [-0.39, 0.29) is 5.56 Å². The van der Waals surface area contributed by atoms with E-state index in [4.69, 9.17) is 11.6 Å². The van der Waals surface area contributed by atoms with Gasteiger partial charge in [0.05, 0.1) is 18.3 Å². The van der Waals surface area contributed by atoms with Gasteiger partial charge < -0.3 is 0 Å². The number of hydrogen-bond donors (Lipinski definition) is 0. The van der Waals surface area contributed by atoms with Crippen molar-refractivity contribution in [1.29, 1.82) is 0 Å². The van der Waals surface area contributed by atoms with Crippen molar-refractivity contribution in [3.05, 3.63) is 86.2 Å². The van der Waals surface area contributed by atoms with Crippen molar-refractivity contribution in [3.63, 3.8) is 0 Å². The second-order valence-electron chi connectivity index (χ2n) is 7.29. The van der Waals surface area contributed by atoms with Gasteiger partial charge >= 0.3 is 0 Å². The van der Waals surface area contributed by atoms with Crippen LogP contribution in [-0.4, -0.2) is 9.55 Å². The van der Waals surface area contributed by atoms with Gasteiger partial charge in [-0.3, -0.25) is 9.36 Å². The first-order valence-corrected chi connectivity index (χ1v) is 10.5. The van der Waals surface area contributed by atoms with E-state index in [1.165, 1.54) is 5.56 Å². The van der Waals surface area contributed by atoms with Gasteiger partial charge in [0.2, 0.25) is 0 Å². The molecule has 0 atom stereocenters. The molecule has 3 nitrogen and oxygen atoms in total. The van der Waals surface area contributed by atoms with Crippen molar-refractivity contribution < 1.29 is 0 Å². The first-order valence-electron chi connectivity index (χ1n) is 9.27. The molecule has 0 radical (unpaired) electrons. The summed E-state index contributed by atoms with van der Waals surface area (Å²) in [6, 6.07) is 16.1. The van der Waals surface area contributed by atoms with Gasteiger partial charge in [-0.25, -0.2) is 4.98 Å². The van der Waals surface area contributed by atoms with E-state index in [0.717, 1.165) is 26.4 Å². The average molecular weight is 409 g/mol. The van der Waals surface area contributed by atoms with E-state index in [2.05, 4.69) is 43.1 Å². The van der Waals surface area contributed by atoms with Crippen molar-refractivity contribution in [2.24, 2.45) is 0 Å². The lowest BCUT2D eigenvalue weighted by atomic mass is 10.0. The van der Waals surface area contributed by atoms with Gasteiger partial charge in [-0.2, -0.15) is 0 Å². The molecule has 0 bridgehead atoms. The monoisotopic (exact) mass is 408 g/mol. The number of fused-ring (bicyclic) bond motifs is 1. The molecule has 0 N–H and O–H groups in total. The van der Waals surface area contributed by atoms with E-state index in [1.54, 1.807) is 22.2 Å². The average Bonchev–Trinajstić information content (AvgIpc) is 3.02. The molecular weight excluding hydrogens is 388 g/mol. The van der Waals surface area contributed by atoms with Crippen LogP contribution in [0.1, 0.15) is 35.8 Å². The second kappa shape index (κ2) is 7.53. The largest absolute Gasteiger partial charge is 0.294 e. The molecule has 2 aromatic carbocycles. The Morgan fingerprint density at radius 3 is 2.39 bits per heavy atom. The number of thiophene rings is 1. The Morgan fingerprint density at radius 2 is 1.75 bits per heavy atom. The Morgan fingerprint density at radius 1 is 1.07 bits per heavy atom. The smallest absolute Gasteiger partial charge is 0.263 e. The Kier molecular flexibility index (Phi) is 5.09. The summed E-state index contributed by atoms with van der Waals surface area (Å²) in [6.45, 7) is 6.89. The molecule has 4 rings (SSSR count). The lowest BCUT2D eigenvalue weighted by molar-refractivity contribution is 0.748. The maximum Gasteiger partial charge on any atom is 0.263 e. The van der Waals surface area contributed by atoms with Crippen molar-refractivity contribution in [1.82, 2.24) is 9.55 Å². The van der Waals surface area contributed by atoms with Crippen LogP contribution >= 0.6 is 22.9 Å². The zero-order chi connectivity index (χ0) is 19.8. The highest BCUT2D eigenvalue weighted by Gasteiger charge is 2.17. The van der Waals surface area contributed by atoms with E-state index in [0.29, 0.717) is 22.9 Å². The third kappa shape index (κ3) is 3.50. The van der Waals surface area contributed by atoms with Crippen molar-refractivity contribution in [3.8, 4) is 11.1 Å². The third-order valence-corrected chi connectivity index (χ3v) is 6.25. The molecule has 0 aliphatic carbocycles. The molecule has 4 aromatic rings. The Balaban J connectivity index is 1.79. The highest BCUT2D eigenvalue weighted by Crippen LogP contribution is 2.35. The Hall–Kier alpha value is -2.43. The Bertz CT molecular complexity index is 1190. The summed E-state index contributed by atoms with van der Waals surface area (Å²) in [5, 5.41) is 1.37. The number of halogens is 1. The molecule has 0 saturated carbocycles. The van der Waals surface area contributed by atoms with Gasteiger partial charge in [-0.1, -0.05) is 61.8 Å². The summed E-state index contributed by atoms with van der Waals surface area (Å²) < 4.78 is 1.69. The molecule has 0 aliphatic rings. The SMILES string of the molecule is Cc1sc2ncn(Cc3ccc(C(C)C)cc3)c(=O)c2c1-c1ccc(Cl)cc1. The van der Waals surface area contributed by atoms with Crippen LogP contribution in [0.4, 0.5) is 0 Å². The minimum atomic E-state index is -0.00719. The maximum absolute atomic E-state index is 13.3. The predicted molar refractivity (Wildman–Crippen MR) is 119 cm³/mol. The molecule has 142 valence electrons. The van der Waals surface area contributed by atoms with Crippen molar-refractivity contribution in [2.75, 3.05) is 0 Å². The van der Waals surface area contributed by atoms with Crippen LogP contribution in [0, 0.1) is 6.92 Å². The fraction of sp³-hybridized carbons (Fsp3) is 0.217. The van der Waals surface area contributed by atoms with Crippen LogP contribution in [0.2, 0.25) is 5.02 Å². The summed E-state index contributed by atoms with van der Waals surface area (Å²) in [5.41, 5.74) is 4.33. The van der Waals surface area contributed by atoms with E-state index >= 15 is 0 Å². The summed E-state index contributed by atoms with van der Waals surface area (Å²) in [7, 11) is 0. The third-order valence-electron chi connectivity index (χ3n) is 4.99. The summed E-state index contributed by atoms with van der Waals surface area (Å²) >= 11 is 7.59. The number of nitrogens with zero attached hydrogens (tertiary/aromatic N) is 2. The summed E-state index contributed by atoms with van der Waals surface area (Å²) in [4.78, 5) is 19.7. The van der Waals surface area contributed by atoms with E-state index < -0.39 is 0 Å². The molecule has 5 heteroatoms. The van der Waals surface area contributed by atoms with Gasteiger partial charge in [0.25, 0.3) is 5.56 Å². The maximum atomic E-state index is 13.3. The molecular formula is C23H21ClN2OS. The van der Waals surface area contributed by atoms with E-state index in [1.807, 2.05) is 31.2 Å². The fourth-order valence-corrected chi connectivity index (χ4v) is 4.55. The van der Waals surface area contributed by atoms with Crippen LogP contribution in [0.3, 0.4) is 0 Å². The molecule has 2 aromatic heterocycles. The lowest BCUT2D eigenvalue weighted by Crippen LogP contribution is -2.21. The topological polar surface area (TPSA) is 34.9 Å². The second-order valence-corrected chi connectivity index (χ2v) is 8.93. The number of aromatic nitrogens is 2. The predicted octanol–water partition coefficient (Wildman–Crippen LogP) is 6.26. The summed E-state index contributed by atoms with van der Waals surface area (Å²) in [6.07, 6.45) is 1.66. The number of benzene rings is 2. The van der Waals surface area contributed by atoms with Gasteiger partial charge in [-0.15, -0.1) is 11.3 Å². The lowest BCUT2D eigenvalue weighted by Gasteiger charge is -2.09. The highest BCUT2D eigenvalue weighted by atomic mass is 35.5. The highest BCUT2D eigenvalue weighted by molar-refractivity contribution is 7.19. The van der Waals surface area contributed by atoms with E-state index in [9.17, 15) is 4.79 Å². The van der Waals surface area contributed by atoms with Gasteiger partial charge in [0.1, 0.15) is 4.83 Å². The molecule has 0 amide bonds. The zero-order valence-corrected chi connectivity index (χ0v) is 17.6. The van der Waals surface area contributed by atoms with Gasteiger partial charge in [0, 0.05) is 15.5 Å². The minimum Gasteiger partial charge on any atom is -0.294 e. The Labute approximate surface area is 173 Å². The number of hydrogen-bond acceptors (Lipinski definition) is 3. The fourth-order valence-electron chi connectivity index (χ4n) is 3.42. The van der Waals surface area contributed by atoms with Crippen LogP contribution in [0.5, 0.6) is 0 Å². The van der Waals surface area contributed by atoms with Gasteiger partial charge in [-0.05, 0) is 41.7 Å². The minimum absolute atomic E-state index is 0.00719. The van der Waals surface area contributed by atoms with Crippen molar-refractivity contribution >= 4 is 33.2 Å². The molecule has 0 unspecified atom stereocenters. The standard InChI is InChI=1S/C23H21ClN2OS/c1-14(2)17-6-4-16(5-7-17)12-26-13-25-22-21(23(26)27)20(15(3)28-22)18-8-10-19(24)11-9-18/h4-11,13-14H,12H2,1-3H3. The van der Waals surface area contributed by atoms with Gasteiger partial charge in [0.15, 0.2) is 0 Å². The summed E-state index contributed by atoms with van der Waals surface area (Å²) in [5.74, 6) is 0.491. The number of rotatable bonds is 4. The first kappa shape index (κ1) is 18.9. The first-order chi connectivity index (χ1) is 13.4.